The van der Waals surface area contributed by atoms with Crippen molar-refractivity contribution in [3.8, 4) is 5.75 Å². The first-order valence-corrected chi connectivity index (χ1v) is 7.44. The lowest BCUT2D eigenvalue weighted by atomic mass is 10.2. The lowest BCUT2D eigenvalue weighted by molar-refractivity contribution is -0.00270. The molecule has 1 aromatic heterocycles. The molecule has 7 heteroatoms. The van der Waals surface area contributed by atoms with Crippen LogP contribution in [0.25, 0.3) is 0 Å². The van der Waals surface area contributed by atoms with E-state index in [1.165, 1.54) is 6.07 Å². The van der Waals surface area contributed by atoms with E-state index in [9.17, 15) is 13.6 Å². The zero-order valence-corrected chi connectivity index (χ0v) is 12.4. The highest BCUT2D eigenvalue weighted by Gasteiger charge is 2.18. The fourth-order valence-corrected chi connectivity index (χ4v) is 2.28. The van der Waals surface area contributed by atoms with Crippen molar-refractivity contribution in [1.82, 2.24) is 5.32 Å². The van der Waals surface area contributed by atoms with Crippen LogP contribution in [0.5, 0.6) is 5.75 Å². The Hall–Kier alpha value is -1.99. The number of carbonyl (C=O) groups is 1. The molecule has 0 saturated carbocycles. The molecule has 0 spiro atoms. The molecule has 1 amide bonds. The summed E-state index contributed by atoms with van der Waals surface area (Å²) in [5.41, 5.74) is 0.283. The largest absolute Gasteiger partial charge is 0.488 e. The van der Waals surface area contributed by atoms with Crippen molar-refractivity contribution in [3.05, 3.63) is 52.2 Å². The number of ether oxygens (including phenoxy) is 1. The van der Waals surface area contributed by atoms with Gasteiger partial charge in [-0.1, -0.05) is 12.1 Å². The number of rotatable bonds is 7. The molecule has 118 valence electrons. The van der Waals surface area contributed by atoms with Gasteiger partial charge in [-0.3, -0.25) is 4.79 Å². The minimum Gasteiger partial charge on any atom is -0.488 e. The number of nitrogens with one attached hydrogen (secondary N) is 1. The molecule has 0 bridgehead atoms. The summed E-state index contributed by atoms with van der Waals surface area (Å²) in [5, 5.41) is 13.2. The van der Waals surface area contributed by atoms with Crippen molar-refractivity contribution in [1.29, 1.82) is 0 Å². The average molecular weight is 327 g/mol. The first-order chi connectivity index (χ1) is 10.6. The maximum atomic E-state index is 12.2. The zero-order chi connectivity index (χ0) is 15.9. The van der Waals surface area contributed by atoms with Crippen LogP contribution in [0.1, 0.15) is 15.2 Å². The maximum absolute atomic E-state index is 12.2. The van der Waals surface area contributed by atoms with E-state index in [2.05, 4.69) is 5.32 Å². The Bertz CT molecular complexity index is 605. The van der Waals surface area contributed by atoms with Crippen molar-refractivity contribution < 1.29 is 23.4 Å². The average Bonchev–Trinajstić information content (AvgIpc) is 3.03. The van der Waals surface area contributed by atoms with Crippen molar-refractivity contribution >= 4 is 17.2 Å². The summed E-state index contributed by atoms with van der Waals surface area (Å²) in [7, 11) is 0. The Labute approximate surface area is 130 Å². The van der Waals surface area contributed by atoms with Crippen LogP contribution in [0.4, 0.5) is 8.78 Å². The van der Waals surface area contributed by atoms with E-state index in [0.29, 0.717) is 12.4 Å². The highest BCUT2D eigenvalue weighted by Crippen LogP contribution is 2.17. The molecule has 4 nitrogen and oxygen atoms in total. The predicted molar refractivity (Wildman–Crippen MR) is 79.4 cm³/mol. The highest BCUT2D eigenvalue weighted by atomic mass is 32.1. The smallest absolute Gasteiger partial charge is 0.265 e. The zero-order valence-electron chi connectivity index (χ0n) is 11.5. The molecule has 1 aromatic carbocycles. The van der Waals surface area contributed by atoms with Gasteiger partial charge in [0, 0.05) is 17.0 Å². The molecule has 0 saturated heterocycles. The molecule has 2 rings (SSSR count). The molecular weight excluding hydrogens is 312 g/mol. The van der Waals surface area contributed by atoms with Crippen LogP contribution in [0.2, 0.25) is 0 Å². The highest BCUT2D eigenvalue weighted by molar-refractivity contribution is 7.09. The molecule has 1 heterocycles. The molecule has 1 atom stereocenters. The van der Waals surface area contributed by atoms with E-state index >= 15 is 0 Å². The van der Waals surface area contributed by atoms with Gasteiger partial charge in [-0.2, -0.15) is 0 Å². The fourth-order valence-electron chi connectivity index (χ4n) is 1.66. The number of hydrogen-bond acceptors (Lipinski definition) is 4. The summed E-state index contributed by atoms with van der Waals surface area (Å²) in [6, 6.07) is 10.3. The topological polar surface area (TPSA) is 58.6 Å². The predicted octanol–water partition coefficient (Wildman–Crippen LogP) is 2.68. The Morgan fingerprint density at radius 3 is 2.82 bits per heavy atom. The van der Waals surface area contributed by atoms with Gasteiger partial charge in [0.2, 0.25) is 0 Å². The van der Waals surface area contributed by atoms with Gasteiger partial charge in [-0.05, 0) is 29.6 Å². The van der Waals surface area contributed by atoms with Crippen LogP contribution in [0, 0.1) is 0 Å². The van der Waals surface area contributed by atoms with Crippen molar-refractivity contribution in [2.45, 2.75) is 19.1 Å². The molecule has 0 aliphatic carbocycles. The van der Waals surface area contributed by atoms with Gasteiger partial charge in [0.25, 0.3) is 12.3 Å². The van der Waals surface area contributed by atoms with E-state index in [4.69, 9.17) is 9.84 Å². The summed E-state index contributed by atoms with van der Waals surface area (Å²) in [6.45, 7) is -0.108. The SMILES string of the molecule is O=C(NC[C@@H](O)C(F)F)c1cccc(OCc2cccs2)c1. The fraction of sp³-hybridized carbons (Fsp3) is 0.267. The van der Waals surface area contributed by atoms with Crippen LogP contribution in [-0.2, 0) is 6.61 Å². The van der Waals surface area contributed by atoms with E-state index < -0.39 is 25.0 Å². The van der Waals surface area contributed by atoms with Crippen LogP contribution in [0.3, 0.4) is 0 Å². The third-order valence-corrected chi connectivity index (χ3v) is 3.67. The van der Waals surface area contributed by atoms with Gasteiger partial charge in [0.1, 0.15) is 18.5 Å². The van der Waals surface area contributed by atoms with Crippen molar-refractivity contribution in [3.63, 3.8) is 0 Å². The molecule has 0 aliphatic rings. The quantitative estimate of drug-likeness (QED) is 0.822. The van der Waals surface area contributed by atoms with E-state index in [0.717, 1.165) is 4.88 Å². The van der Waals surface area contributed by atoms with Crippen molar-refractivity contribution in [2.75, 3.05) is 6.54 Å². The number of alkyl halides is 2. The Kier molecular flexibility index (Phi) is 5.85. The monoisotopic (exact) mass is 327 g/mol. The standard InChI is InChI=1S/C15H15F2NO3S/c16-14(17)13(19)8-18-15(20)10-3-1-4-11(7-10)21-9-12-5-2-6-22-12/h1-7,13-14,19H,8-9H2,(H,18,20)/t13-/m1/s1. The summed E-state index contributed by atoms with van der Waals surface area (Å²) in [4.78, 5) is 12.9. The van der Waals surface area contributed by atoms with Crippen LogP contribution < -0.4 is 10.1 Å². The summed E-state index contributed by atoms with van der Waals surface area (Å²) < 4.78 is 29.9. The van der Waals surface area contributed by atoms with Gasteiger partial charge < -0.3 is 15.2 Å². The molecule has 2 N–H and O–H groups in total. The Balaban J connectivity index is 1.91. The second-order valence-corrected chi connectivity index (χ2v) is 5.54. The third-order valence-electron chi connectivity index (χ3n) is 2.82. The number of halogens is 2. The second kappa shape index (κ2) is 7.86. The first kappa shape index (κ1) is 16.4. The second-order valence-electron chi connectivity index (χ2n) is 4.51. The van der Waals surface area contributed by atoms with Crippen LogP contribution >= 0.6 is 11.3 Å². The summed E-state index contributed by atoms with van der Waals surface area (Å²) >= 11 is 1.56. The van der Waals surface area contributed by atoms with Gasteiger partial charge in [-0.25, -0.2) is 8.78 Å². The van der Waals surface area contributed by atoms with E-state index in [1.54, 1.807) is 29.5 Å². The summed E-state index contributed by atoms with van der Waals surface area (Å²) in [5.74, 6) is -0.0308. The number of carbonyl (C=O) groups excluding carboxylic acids is 1. The molecular formula is C15H15F2NO3S. The molecule has 0 fully saturated rings. The normalized spacial score (nSPS) is 12.2. The molecule has 0 aliphatic heterocycles. The van der Waals surface area contributed by atoms with Crippen LogP contribution in [0.15, 0.2) is 41.8 Å². The Morgan fingerprint density at radius 1 is 1.32 bits per heavy atom. The molecule has 2 aromatic rings. The number of hydrogen-bond donors (Lipinski definition) is 2. The Morgan fingerprint density at radius 2 is 2.14 bits per heavy atom. The number of aliphatic hydroxyl groups is 1. The van der Waals surface area contributed by atoms with Gasteiger partial charge in [0.15, 0.2) is 0 Å². The van der Waals surface area contributed by atoms with Crippen LogP contribution in [-0.4, -0.2) is 30.1 Å². The lowest BCUT2D eigenvalue weighted by Crippen LogP contribution is -2.35. The number of thiophene rings is 1. The minimum absolute atomic E-state index is 0.283. The number of aliphatic hydroxyl groups excluding tert-OH is 1. The summed E-state index contributed by atoms with van der Waals surface area (Å²) in [6.07, 6.45) is -4.76. The van der Waals surface area contributed by atoms with Gasteiger partial charge in [0.05, 0.1) is 0 Å². The van der Waals surface area contributed by atoms with E-state index in [1.807, 2.05) is 17.5 Å². The van der Waals surface area contributed by atoms with Gasteiger partial charge in [-0.15, -0.1) is 11.3 Å². The molecule has 22 heavy (non-hydrogen) atoms. The van der Waals surface area contributed by atoms with Crippen molar-refractivity contribution in [2.24, 2.45) is 0 Å². The first-order valence-electron chi connectivity index (χ1n) is 6.56. The lowest BCUT2D eigenvalue weighted by Gasteiger charge is -2.11. The van der Waals surface area contributed by atoms with E-state index in [-0.39, 0.29) is 5.56 Å². The number of amides is 1. The third kappa shape index (κ3) is 4.78. The maximum Gasteiger partial charge on any atom is 0.265 e. The number of benzene rings is 1. The minimum atomic E-state index is -2.89. The van der Waals surface area contributed by atoms with Gasteiger partial charge >= 0.3 is 0 Å². The molecule has 0 unspecified atom stereocenters. The molecule has 0 radical (unpaired) electrons.